The van der Waals surface area contributed by atoms with Crippen LogP contribution in [0.4, 0.5) is 0 Å². The number of carbonyl (C=O) groups is 1. The highest BCUT2D eigenvalue weighted by Crippen LogP contribution is 2.13. The topological polar surface area (TPSA) is 39.4 Å². The normalized spacial score (nSPS) is 10.2. The Kier molecular flexibility index (Phi) is 3.60. The van der Waals surface area contributed by atoms with Crippen LogP contribution in [0.5, 0.6) is 5.75 Å². The molecular weight excluding hydrogens is 216 g/mol. The standard InChI is InChI=1S/C14H14O3/c1-11-4-6-13(7-5-11)17-14(15)9-8-12-3-2-10-16-12/h2-7,10H,8-9H2,1H3. The summed E-state index contributed by atoms with van der Waals surface area (Å²) in [5, 5.41) is 0. The quantitative estimate of drug-likeness (QED) is 0.598. The highest BCUT2D eigenvalue weighted by molar-refractivity contribution is 5.72. The van der Waals surface area contributed by atoms with Gasteiger partial charge in [0.15, 0.2) is 0 Å². The Morgan fingerprint density at radius 2 is 2.00 bits per heavy atom. The van der Waals surface area contributed by atoms with E-state index in [2.05, 4.69) is 0 Å². The van der Waals surface area contributed by atoms with Crippen LogP contribution in [0.2, 0.25) is 0 Å². The summed E-state index contributed by atoms with van der Waals surface area (Å²) in [6.45, 7) is 1.99. The summed E-state index contributed by atoms with van der Waals surface area (Å²) in [6.07, 6.45) is 2.49. The number of esters is 1. The lowest BCUT2D eigenvalue weighted by molar-refractivity contribution is -0.134. The average molecular weight is 230 g/mol. The molecule has 0 radical (unpaired) electrons. The summed E-state index contributed by atoms with van der Waals surface area (Å²) in [7, 11) is 0. The molecule has 0 unspecified atom stereocenters. The molecule has 3 heteroatoms. The van der Waals surface area contributed by atoms with E-state index >= 15 is 0 Å². The van der Waals surface area contributed by atoms with Crippen LogP contribution in [0.1, 0.15) is 17.7 Å². The van der Waals surface area contributed by atoms with Crippen LogP contribution in [0.25, 0.3) is 0 Å². The maximum absolute atomic E-state index is 11.5. The first kappa shape index (κ1) is 11.5. The van der Waals surface area contributed by atoms with Crippen molar-refractivity contribution in [2.45, 2.75) is 19.8 Å². The smallest absolute Gasteiger partial charge is 0.311 e. The molecule has 0 spiro atoms. The number of aryl methyl sites for hydroxylation is 2. The predicted octanol–water partition coefficient (Wildman–Crippen LogP) is 3.13. The SMILES string of the molecule is Cc1ccc(OC(=O)CCc2ccco2)cc1. The Balaban J connectivity index is 1.83. The molecule has 1 aromatic carbocycles. The first-order valence-electron chi connectivity index (χ1n) is 5.54. The van der Waals surface area contributed by atoms with Gasteiger partial charge in [0.1, 0.15) is 11.5 Å². The molecule has 0 aliphatic carbocycles. The molecule has 17 heavy (non-hydrogen) atoms. The molecule has 0 saturated heterocycles. The maximum atomic E-state index is 11.5. The summed E-state index contributed by atoms with van der Waals surface area (Å²) >= 11 is 0. The molecule has 0 bridgehead atoms. The molecule has 88 valence electrons. The van der Waals surface area contributed by atoms with Crippen molar-refractivity contribution in [3.8, 4) is 5.75 Å². The van der Waals surface area contributed by atoms with Crippen molar-refractivity contribution in [2.75, 3.05) is 0 Å². The number of carbonyl (C=O) groups excluding carboxylic acids is 1. The Bertz CT molecular complexity index is 469. The van der Waals surface area contributed by atoms with E-state index in [1.807, 2.05) is 25.1 Å². The molecule has 3 nitrogen and oxygen atoms in total. The molecule has 0 fully saturated rings. The van der Waals surface area contributed by atoms with E-state index in [1.165, 1.54) is 0 Å². The minimum absolute atomic E-state index is 0.245. The lowest BCUT2D eigenvalue weighted by Crippen LogP contribution is -2.08. The fraction of sp³-hybridized carbons (Fsp3) is 0.214. The number of ether oxygens (including phenoxy) is 1. The average Bonchev–Trinajstić information content (AvgIpc) is 2.83. The van der Waals surface area contributed by atoms with Gasteiger partial charge in [-0.15, -0.1) is 0 Å². The van der Waals surface area contributed by atoms with Gasteiger partial charge < -0.3 is 9.15 Å². The van der Waals surface area contributed by atoms with E-state index in [0.717, 1.165) is 11.3 Å². The van der Waals surface area contributed by atoms with Crippen LogP contribution in [0.3, 0.4) is 0 Å². The van der Waals surface area contributed by atoms with Crippen molar-refractivity contribution in [1.29, 1.82) is 0 Å². The third-order valence-electron chi connectivity index (χ3n) is 2.41. The molecule has 2 rings (SSSR count). The second kappa shape index (κ2) is 5.34. The van der Waals surface area contributed by atoms with Crippen molar-refractivity contribution in [3.05, 3.63) is 54.0 Å². The summed E-state index contributed by atoms with van der Waals surface area (Å²) < 4.78 is 10.3. The summed E-state index contributed by atoms with van der Waals surface area (Å²) in [5.41, 5.74) is 1.14. The van der Waals surface area contributed by atoms with E-state index in [9.17, 15) is 4.79 Å². The van der Waals surface area contributed by atoms with Gasteiger partial charge in [0.05, 0.1) is 12.7 Å². The molecule has 1 heterocycles. The van der Waals surface area contributed by atoms with Crippen molar-refractivity contribution in [3.63, 3.8) is 0 Å². The van der Waals surface area contributed by atoms with Gasteiger partial charge >= 0.3 is 5.97 Å². The van der Waals surface area contributed by atoms with Crippen LogP contribution in [0, 0.1) is 6.92 Å². The zero-order valence-electron chi connectivity index (χ0n) is 9.68. The van der Waals surface area contributed by atoms with Gasteiger partial charge in [-0.25, -0.2) is 0 Å². The van der Waals surface area contributed by atoms with E-state index in [0.29, 0.717) is 18.6 Å². The van der Waals surface area contributed by atoms with Crippen LogP contribution in [-0.4, -0.2) is 5.97 Å². The zero-order valence-corrected chi connectivity index (χ0v) is 9.68. The van der Waals surface area contributed by atoms with E-state index in [1.54, 1.807) is 24.5 Å². The summed E-state index contributed by atoms with van der Waals surface area (Å²) in [5.74, 6) is 1.14. The van der Waals surface area contributed by atoms with Gasteiger partial charge in [-0.05, 0) is 31.2 Å². The monoisotopic (exact) mass is 230 g/mol. The van der Waals surface area contributed by atoms with Gasteiger partial charge in [-0.2, -0.15) is 0 Å². The lowest BCUT2D eigenvalue weighted by Gasteiger charge is -2.03. The van der Waals surface area contributed by atoms with Gasteiger partial charge in [-0.3, -0.25) is 4.79 Å². The first-order chi connectivity index (χ1) is 8.24. The molecular formula is C14H14O3. The van der Waals surface area contributed by atoms with Gasteiger partial charge in [-0.1, -0.05) is 17.7 Å². The van der Waals surface area contributed by atoms with Gasteiger partial charge in [0.25, 0.3) is 0 Å². The Morgan fingerprint density at radius 1 is 1.24 bits per heavy atom. The summed E-state index contributed by atoms with van der Waals surface area (Å²) in [4.78, 5) is 11.5. The fourth-order valence-corrected chi connectivity index (χ4v) is 1.47. The maximum Gasteiger partial charge on any atom is 0.311 e. The van der Waals surface area contributed by atoms with Crippen molar-refractivity contribution < 1.29 is 13.9 Å². The Hall–Kier alpha value is -2.03. The van der Waals surface area contributed by atoms with E-state index in [-0.39, 0.29) is 5.97 Å². The van der Waals surface area contributed by atoms with Crippen LogP contribution in [0.15, 0.2) is 47.1 Å². The van der Waals surface area contributed by atoms with Crippen molar-refractivity contribution in [2.24, 2.45) is 0 Å². The predicted molar refractivity (Wildman–Crippen MR) is 63.8 cm³/mol. The Morgan fingerprint density at radius 3 is 2.65 bits per heavy atom. The lowest BCUT2D eigenvalue weighted by atomic mass is 10.2. The Labute approximate surface area is 100 Å². The molecule has 0 aliphatic rings. The van der Waals surface area contributed by atoms with Gasteiger partial charge in [0.2, 0.25) is 0 Å². The highest BCUT2D eigenvalue weighted by atomic mass is 16.5. The molecule has 0 N–H and O–H groups in total. The molecule has 0 aliphatic heterocycles. The largest absolute Gasteiger partial charge is 0.469 e. The van der Waals surface area contributed by atoms with Crippen LogP contribution < -0.4 is 4.74 Å². The van der Waals surface area contributed by atoms with Crippen molar-refractivity contribution in [1.82, 2.24) is 0 Å². The number of hydrogen-bond donors (Lipinski definition) is 0. The minimum atomic E-state index is -0.245. The summed E-state index contributed by atoms with van der Waals surface area (Å²) in [6, 6.07) is 11.1. The van der Waals surface area contributed by atoms with Gasteiger partial charge in [0, 0.05) is 6.42 Å². The minimum Gasteiger partial charge on any atom is -0.469 e. The second-order valence-corrected chi connectivity index (χ2v) is 3.87. The number of benzene rings is 1. The molecule has 0 atom stereocenters. The van der Waals surface area contributed by atoms with E-state index < -0.39 is 0 Å². The van der Waals surface area contributed by atoms with Crippen molar-refractivity contribution >= 4 is 5.97 Å². The second-order valence-electron chi connectivity index (χ2n) is 3.87. The first-order valence-corrected chi connectivity index (χ1v) is 5.54. The molecule has 1 aromatic heterocycles. The molecule has 2 aromatic rings. The van der Waals surface area contributed by atoms with Crippen LogP contribution >= 0.6 is 0 Å². The third-order valence-corrected chi connectivity index (χ3v) is 2.41. The van der Waals surface area contributed by atoms with E-state index in [4.69, 9.17) is 9.15 Å². The number of rotatable bonds is 4. The number of hydrogen-bond acceptors (Lipinski definition) is 3. The molecule has 0 amide bonds. The fourth-order valence-electron chi connectivity index (χ4n) is 1.47. The third kappa shape index (κ3) is 3.48. The highest BCUT2D eigenvalue weighted by Gasteiger charge is 2.06. The van der Waals surface area contributed by atoms with Crippen LogP contribution in [-0.2, 0) is 11.2 Å². The zero-order chi connectivity index (χ0) is 12.1. The number of furan rings is 1. The molecule has 0 saturated carbocycles.